The maximum atomic E-state index is 13.2. The third-order valence-electron chi connectivity index (χ3n) is 3.93. The van der Waals surface area contributed by atoms with E-state index in [1.54, 1.807) is 12.1 Å². The molecule has 0 aromatic heterocycles. The normalized spacial score (nSPS) is 20.3. The average Bonchev–Trinajstić information content (AvgIpc) is 2.46. The summed E-state index contributed by atoms with van der Waals surface area (Å²) >= 11 is 0. The number of rotatable bonds is 5. The number of hydrogen-bond acceptors (Lipinski definition) is 3. The second kappa shape index (κ2) is 6.95. The van der Waals surface area contributed by atoms with Gasteiger partial charge in [-0.25, -0.2) is 14.4 Å². The third-order valence-corrected chi connectivity index (χ3v) is 3.93. The topological polar surface area (TPSA) is 23.6 Å². The van der Waals surface area contributed by atoms with E-state index in [2.05, 4.69) is 10.0 Å². The zero-order valence-electron chi connectivity index (χ0n) is 12.3. The van der Waals surface area contributed by atoms with Gasteiger partial charge in [0.1, 0.15) is 5.82 Å². The molecule has 1 aliphatic rings. The Labute approximate surface area is 120 Å². The molecule has 0 spiro atoms. The molecule has 1 aromatic carbocycles. The Morgan fingerprint density at radius 2 is 2.25 bits per heavy atom. The maximum absolute atomic E-state index is 13.2. The van der Waals surface area contributed by atoms with E-state index in [1.165, 1.54) is 6.07 Å². The first-order valence-electron chi connectivity index (χ1n) is 7.36. The fourth-order valence-corrected chi connectivity index (χ4v) is 2.88. The number of carbonyl (C=O) groups is 1. The van der Waals surface area contributed by atoms with Gasteiger partial charge in [-0.05, 0) is 30.5 Å². The second-order valence-corrected chi connectivity index (χ2v) is 5.44. The minimum Gasteiger partial charge on any atom is -0.298 e. The number of Topliss-reactive ketones (excluding diaryl/α,β-unsaturated/α-hetero) is 1. The smallest absolute Gasteiger partial charge is 0.151 e. The number of hydrazine groups is 1. The van der Waals surface area contributed by atoms with Crippen LogP contribution in [-0.2, 0) is 11.3 Å². The van der Waals surface area contributed by atoms with Crippen molar-refractivity contribution in [3.8, 4) is 0 Å². The van der Waals surface area contributed by atoms with Crippen molar-refractivity contribution in [3.05, 3.63) is 35.6 Å². The predicted octanol–water partition coefficient (Wildman–Crippen LogP) is 3.01. The summed E-state index contributed by atoms with van der Waals surface area (Å²) in [6.07, 6.45) is 3.73. The van der Waals surface area contributed by atoms with Crippen molar-refractivity contribution in [1.29, 1.82) is 0 Å². The van der Waals surface area contributed by atoms with Gasteiger partial charge in [-0.2, -0.15) is 0 Å². The number of piperidine rings is 1. The molecular formula is C16H23FN2O. The first-order chi connectivity index (χ1) is 9.61. The number of halogens is 1. The van der Waals surface area contributed by atoms with Gasteiger partial charge in [-0.15, -0.1) is 0 Å². The highest BCUT2D eigenvalue weighted by Crippen LogP contribution is 2.21. The first kappa shape index (κ1) is 15.1. The van der Waals surface area contributed by atoms with E-state index >= 15 is 0 Å². The van der Waals surface area contributed by atoms with E-state index in [0.717, 1.165) is 31.4 Å². The minimum absolute atomic E-state index is 0.00712. The second-order valence-electron chi connectivity index (χ2n) is 5.44. The predicted molar refractivity (Wildman–Crippen MR) is 77.5 cm³/mol. The largest absolute Gasteiger partial charge is 0.298 e. The lowest BCUT2D eigenvalue weighted by molar-refractivity contribution is -0.136. The summed E-state index contributed by atoms with van der Waals surface area (Å²) in [6, 6.07) is 6.64. The van der Waals surface area contributed by atoms with Gasteiger partial charge < -0.3 is 0 Å². The van der Waals surface area contributed by atoms with Crippen LogP contribution in [-0.4, -0.2) is 35.4 Å². The van der Waals surface area contributed by atoms with E-state index in [0.29, 0.717) is 18.7 Å². The van der Waals surface area contributed by atoms with Gasteiger partial charge in [0.15, 0.2) is 5.78 Å². The lowest BCUT2D eigenvalue weighted by Crippen LogP contribution is -2.52. The lowest BCUT2D eigenvalue weighted by atomic mass is 9.99. The monoisotopic (exact) mass is 278 g/mol. The highest BCUT2D eigenvalue weighted by Gasteiger charge is 2.29. The molecule has 0 aliphatic carbocycles. The van der Waals surface area contributed by atoms with E-state index < -0.39 is 0 Å². The van der Waals surface area contributed by atoms with E-state index in [1.807, 2.05) is 20.0 Å². The summed E-state index contributed by atoms with van der Waals surface area (Å²) in [7, 11) is 1.98. The van der Waals surface area contributed by atoms with Crippen LogP contribution in [0.2, 0.25) is 0 Å². The molecule has 2 rings (SSSR count). The van der Waals surface area contributed by atoms with Crippen LogP contribution in [0.5, 0.6) is 0 Å². The third kappa shape index (κ3) is 3.64. The first-order valence-corrected chi connectivity index (χ1v) is 7.36. The van der Waals surface area contributed by atoms with Gasteiger partial charge in [0.05, 0.1) is 6.04 Å². The van der Waals surface area contributed by atoms with Crippen molar-refractivity contribution >= 4 is 5.78 Å². The fourth-order valence-electron chi connectivity index (χ4n) is 2.88. The zero-order valence-corrected chi connectivity index (χ0v) is 12.3. The molecule has 1 aliphatic heterocycles. The van der Waals surface area contributed by atoms with Gasteiger partial charge >= 0.3 is 0 Å². The van der Waals surface area contributed by atoms with Gasteiger partial charge in [0.25, 0.3) is 0 Å². The molecule has 1 atom stereocenters. The zero-order chi connectivity index (χ0) is 14.5. The number of nitrogens with zero attached hydrogens (tertiary/aromatic N) is 2. The van der Waals surface area contributed by atoms with E-state index in [9.17, 15) is 9.18 Å². The summed E-state index contributed by atoms with van der Waals surface area (Å²) < 4.78 is 13.2. The van der Waals surface area contributed by atoms with Gasteiger partial charge in [0.2, 0.25) is 0 Å². The Bertz CT molecular complexity index is 464. The molecule has 0 saturated carbocycles. The lowest BCUT2D eigenvalue weighted by Gasteiger charge is -2.40. The molecule has 1 unspecified atom stereocenters. The van der Waals surface area contributed by atoms with Gasteiger partial charge in [0, 0.05) is 26.6 Å². The molecule has 1 fully saturated rings. The van der Waals surface area contributed by atoms with Crippen LogP contribution in [0.4, 0.5) is 4.39 Å². The Morgan fingerprint density at radius 3 is 2.95 bits per heavy atom. The minimum atomic E-state index is -0.212. The summed E-state index contributed by atoms with van der Waals surface area (Å²) in [5.74, 6) is 0.0894. The van der Waals surface area contributed by atoms with Crippen LogP contribution in [0, 0.1) is 5.82 Å². The van der Waals surface area contributed by atoms with Crippen LogP contribution in [0.1, 0.15) is 38.2 Å². The molecular weight excluding hydrogens is 255 g/mol. The van der Waals surface area contributed by atoms with Crippen LogP contribution in [0.15, 0.2) is 24.3 Å². The Balaban J connectivity index is 2.05. The van der Waals surface area contributed by atoms with Crippen molar-refractivity contribution in [2.24, 2.45) is 0 Å². The summed E-state index contributed by atoms with van der Waals surface area (Å²) in [6.45, 7) is 3.45. The Hall–Kier alpha value is -1.26. The molecule has 1 aromatic rings. The molecule has 1 saturated heterocycles. The Kier molecular flexibility index (Phi) is 5.26. The average molecular weight is 278 g/mol. The molecule has 1 heterocycles. The number of benzene rings is 1. The van der Waals surface area contributed by atoms with Crippen LogP contribution >= 0.6 is 0 Å². The highest BCUT2D eigenvalue weighted by atomic mass is 19.1. The molecule has 4 heteroatoms. The van der Waals surface area contributed by atoms with Crippen LogP contribution in [0.25, 0.3) is 0 Å². The van der Waals surface area contributed by atoms with E-state index in [-0.39, 0.29) is 11.9 Å². The van der Waals surface area contributed by atoms with Crippen molar-refractivity contribution in [3.63, 3.8) is 0 Å². The van der Waals surface area contributed by atoms with Crippen molar-refractivity contribution < 1.29 is 9.18 Å². The molecule has 20 heavy (non-hydrogen) atoms. The fraction of sp³-hybridized carbons (Fsp3) is 0.562. The molecule has 3 nitrogen and oxygen atoms in total. The van der Waals surface area contributed by atoms with Gasteiger partial charge in [-0.3, -0.25) is 4.79 Å². The van der Waals surface area contributed by atoms with Gasteiger partial charge in [-0.1, -0.05) is 25.5 Å². The number of ketones is 1. The van der Waals surface area contributed by atoms with Crippen LogP contribution in [0.3, 0.4) is 0 Å². The molecule has 0 amide bonds. The quantitative estimate of drug-likeness (QED) is 0.827. The number of hydrogen-bond donors (Lipinski definition) is 0. The maximum Gasteiger partial charge on any atom is 0.151 e. The van der Waals surface area contributed by atoms with E-state index in [4.69, 9.17) is 0 Å². The Morgan fingerprint density at radius 1 is 1.45 bits per heavy atom. The summed E-state index contributed by atoms with van der Waals surface area (Å²) in [5, 5.41) is 4.21. The molecule has 110 valence electrons. The molecule has 0 radical (unpaired) electrons. The van der Waals surface area contributed by atoms with Crippen molar-refractivity contribution in [1.82, 2.24) is 10.0 Å². The SMILES string of the molecule is CCC(=O)C1CCCCN1N(C)Cc1cccc(F)c1. The standard InChI is InChI=1S/C16H23FN2O/c1-3-16(20)15-9-4-5-10-19(15)18(2)12-13-7-6-8-14(17)11-13/h6-8,11,15H,3-5,9-10,12H2,1-2H3. The summed E-state index contributed by atoms with van der Waals surface area (Å²) in [4.78, 5) is 12.1. The summed E-state index contributed by atoms with van der Waals surface area (Å²) in [5.41, 5.74) is 0.931. The van der Waals surface area contributed by atoms with Crippen molar-refractivity contribution in [2.75, 3.05) is 13.6 Å². The van der Waals surface area contributed by atoms with Crippen molar-refractivity contribution in [2.45, 2.75) is 45.2 Å². The van der Waals surface area contributed by atoms with Crippen LogP contribution < -0.4 is 0 Å². The number of carbonyl (C=O) groups excluding carboxylic acids is 1. The highest BCUT2D eigenvalue weighted by molar-refractivity contribution is 5.83. The molecule has 0 N–H and O–H groups in total. The molecule has 0 bridgehead atoms.